The van der Waals surface area contributed by atoms with Gasteiger partial charge >= 0.3 is 0 Å². The standard InChI is InChI=1S/C22H28O2/c1-4-12(2)16-7-8-17-14-6-5-13-11-18(23)20-21(24-20)19(13)15(14)9-10-22(16,17)3/h11,14,16-17,20-21H,2,4-10H2,1,3H3/t14-,16-,17+,20?,21?,22-/m1/s1. The molecule has 2 nitrogen and oxygen atoms in total. The van der Waals surface area contributed by atoms with E-state index in [2.05, 4.69) is 20.4 Å². The van der Waals surface area contributed by atoms with E-state index in [4.69, 9.17) is 4.74 Å². The third-order valence-electron chi connectivity index (χ3n) is 8.01. The highest BCUT2D eigenvalue weighted by Crippen LogP contribution is 2.64. The van der Waals surface area contributed by atoms with E-state index in [-0.39, 0.29) is 18.0 Å². The third-order valence-corrected chi connectivity index (χ3v) is 8.01. The molecule has 0 bridgehead atoms. The number of fused-ring (bicyclic) bond motifs is 6. The first-order valence-corrected chi connectivity index (χ1v) is 9.85. The molecule has 3 fully saturated rings. The predicted molar refractivity (Wildman–Crippen MR) is 94.5 cm³/mol. The van der Waals surface area contributed by atoms with Crippen LogP contribution in [0.4, 0.5) is 0 Å². The zero-order valence-corrected chi connectivity index (χ0v) is 14.9. The van der Waals surface area contributed by atoms with Crippen LogP contribution in [0.3, 0.4) is 0 Å². The maximum Gasteiger partial charge on any atom is 0.187 e. The van der Waals surface area contributed by atoms with Gasteiger partial charge in [0.25, 0.3) is 0 Å². The summed E-state index contributed by atoms with van der Waals surface area (Å²) in [7, 11) is 0. The van der Waals surface area contributed by atoms with E-state index >= 15 is 0 Å². The number of carbonyl (C=O) groups excluding carboxylic acids is 1. The zero-order valence-electron chi connectivity index (χ0n) is 14.9. The maximum absolute atomic E-state index is 12.0. The lowest BCUT2D eigenvalue weighted by molar-refractivity contribution is -0.115. The van der Waals surface area contributed by atoms with Gasteiger partial charge in [-0.15, -0.1) is 0 Å². The second-order valence-corrected chi connectivity index (χ2v) is 8.89. The van der Waals surface area contributed by atoms with Gasteiger partial charge in [0.1, 0.15) is 6.10 Å². The Balaban J connectivity index is 1.53. The first-order chi connectivity index (χ1) is 11.5. The molecule has 2 saturated carbocycles. The minimum Gasteiger partial charge on any atom is -0.356 e. The summed E-state index contributed by atoms with van der Waals surface area (Å²) in [6, 6.07) is 0. The van der Waals surface area contributed by atoms with Gasteiger partial charge in [-0.2, -0.15) is 0 Å². The molecule has 0 aromatic carbocycles. The topological polar surface area (TPSA) is 29.6 Å². The molecule has 4 aliphatic carbocycles. The van der Waals surface area contributed by atoms with E-state index in [1.165, 1.54) is 48.8 Å². The van der Waals surface area contributed by atoms with Gasteiger partial charge in [0.2, 0.25) is 0 Å². The quantitative estimate of drug-likeness (QED) is 0.541. The average molecular weight is 324 g/mol. The molecule has 2 unspecified atom stereocenters. The van der Waals surface area contributed by atoms with Gasteiger partial charge < -0.3 is 4.74 Å². The molecule has 5 rings (SSSR count). The summed E-state index contributed by atoms with van der Waals surface area (Å²) in [5.41, 5.74) is 6.34. The van der Waals surface area contributed by atoms with Crippen molar-refractivity contribution < 1.29 is 9.53 Å². The number of hydrogen-bond acceptors (Lipinski definition) is 2. The van der Waals surface area contributed by atoms with E-state index in [0.717, 1.165) is 24.7 Å². The van der Waals surface area contributed by atoms with Gasteiger partial charge in [-0.25, -0.2) is 0 Å². The molecule has 1 heterocycles. The van der Waals surface area contributed by atoms with Gasteiger partial charge in [-0.3, -0.25) is 4.79 Å². The van der Waals surface area contributed by atoms with Crippen LogP contribution >= 0.6 is 0 Å². The van der Waals surface area contributed by atoms with E-state index in [1.54, 1.807) is 5.57 Å². The second-order valence-electron chi connectivity index (χ2n) is 8.89. The van der Waals surface area contributed by atoms with Crippen molar-refractivity contribution in [2.45, 2.75) is 71.0 Å². The summed E-state index contributed by atoms with van der Waals surface area (Å²) in [6.07, 6.45) is 10.5. The van der Waals surface area contributed by atoms with Crippen LogP contribution in [-0.4, -0.2) is 18.0 Å². The van der Waals surface area contributed by atoms with Crippen LogP contribution < -0.4 is 0 Å². The Labute approximate surface area is 145 Å². The van der Waals surface area contributed by atoms with E-state index in [0.29, 0.717) is 11.3 Å². The smallest absolute Gasteiger partial charge is 0.187 e. The lowest BCUT2D eigenvalue weighted by atomic mass is 9.55. The van der Waals surface area contributed by atoms with Crippen LogP contribution in [0, 0.1) is 23.2 Å². The molecule has 0 radical (unpaired) electrons. The fourth-order valence-corrected chi connectivity index (χ4v) is 6.71. The average Bonchev–Trinajstić information content (AvgIpc) is 3.30. The molecule has 1 saturated heterocycles. The monoisotopic (exact) mass is 324 g/mol. The van der Waals surface area contributed by atoms with E-state index < -0.39 is 0 Å². The van der Waals surface area contributed by atoms with Crippen molar-refractivity contribution in [1.82, 2.24) is 0 Å². The van der Waals surface area contributed by atoms with Crippen molar-refractivity contribution in [1.29, 1.82) is 0 Å². The molecular formula is C22H28O2. The van der Waals surface area contributed by atoms with Gasteiger partial charge in [0.15, 0.2) is 11.9 Å². The van der Waals surface area contributed by atoms with E-state index in [1.807, 2.05) is 6.08 Å². The molecule has 0 amide bonds. The Kier molecular flexibility index (Phi) is 3.11. The molecule has 0 aromatic rings. The summed E-state index contributed by atoms with van der Waals surface area (Å²) >= 11 is 0. The minimum absolute atomic E-state index is 0.113. The molecule has 2 heteroatoms. The number of carbonyl (C=O) groups is 1. The van der Waals surface area contributed by atoms with Gasteiger partial charge in [-0.05, 0) is 85.3 Å². The molecule has 128 valence electrons. The Morgan fingerprint density at radius 1 is 1.29 bits per heavy atom. The van der Waals surface area contributed by atoms with Crippen molar-refractivity contribution in [2.75, 3.05) is 0 Å². The van der Waals surface area contributed by atoms with Gasteiger partial charge in [0.05, 0.1) is 0 Å². The number of allylic oxidation sites excluding steroid dienone is 2. The third kappa shape index (κ3) is 1.84. The highest BCUT2D eigenvalue weighted by atomic mass is 16.6. The Hall–Kier alpha value is -1.15. The van der Waals surface area contributed by atoms with Crippen LogP contribution in [0.2, 0.25) is 0 Å². The van der Waals surface area contributed by atoms with Crippen LogP contribution in [-0.2, 0) is 9.53 Å². The van der Waals surface area contributed by atoms with Gasteiger partial charge in [0, 0.05) is 0 Å². The zero-order chi connectivity index (χ0) is 16.6. The highest BCUT2D eigenvalue weighted by Gasteiger charge is 2.57. The number of ketones is 1. The first-order valence-electron chi connectivity index (χ1n) is 9.85. The highest BCUT2D eigenvalue weighted by molar-refractivity contribution is 6.00. The lowest BCUT2D eigenvalue weighted by Gasteiger charge is -2.49. The number of rotatable bonds is 2. The molecule has 5 aliphatic rings. The number of ether oxygens (including phenoxy) is 1. The largest absolute Gasteiger partial charge is 0.356 e. The maximum atomic E-state index is 12.0. The molecule has 0 N–H and O–H groups in total. The summed E-state index contributed by atoms with van der Waals surface area (Å²) in [6.45, 7) is 9.22. The molecular weight excluding hydrogens is 296 g/mol. The summed E-state index contributed by atoms with van der Waals surface area (Å²) in [5.74, 6) is 2.45. The fraction of sp³-hybridized carbons (Fsp3) is 0.682. The van der Waals surface area contributed by atoms with Crippen molar-refractivity contribution >= 4 is 5.78 Å². The van der Waals surface area contributed by atoms with Crippen molar-refractivity contribution in [3.63, 3.8) is 0 Å². The SMILES string of the molecule is C=C(CC)[C@H]1CC[C@H]2[C@@H]3CCC4=CC(=O)C5OC5C4=C3CC[C@]12C. The molecule has 6 atom stereocenters. The summed E-state index contributed by atoms with van der Waals surface area (Å²) in [5, 5.41) is 0. The fourth-order valence-electron chi connectivity index (χ4n) is 6.71. The molecule has 1 aliphatic heterocycles. The number of hydrogen-bond donors (Lipinski definition) is 0. The molecule has 24 heavy (non-hydrogen) atoms. The van der Waals surface area contributed by atoms with E-state index in [9.17, 15) is 4.79 Å². The summed E-state index contributed by atoms with van der Waals surface area (Å²) in [4.78, 5) is 12.0. The number of epoxide rings is 1. The van der Waals surface area contributed by atoms with Crippen molar-refractivity contribution in [3.05, 3.63) is 34.9 Å². The van der Waals surface area contributed by atoms with Crippen LogP contribution in [0.15, 0.2) is 34.9 Å². The molecule has 0 spiro atoms. The molecule has 0 aromatic heterocycles. The first kappa shape index (κ1) is 15.1. The van der Waals surface area contributed by atoms with Crippen LogP contribution in [0.5, 0.6) is 0 Å². The predicted octanol–water partition coefficient (Wildman–Crippen LogP) is 4.76. The minimum atomic E-state index is -0.139. The Bertz CT molecular complexity index is 697. The van der Waals surface area contributed by atoms with Crippen molar-refractivity contribution in [3.8, 4) is 0 Å². The Morgan fingerprint density at radius 2 is 2.12 bits per heavy atom. The normalized spacial score (nSPS) is 45.8. The lowest BCUT2D eigenvalue weighted by Crippen LogP contribution is -2.41. The van der Waals surface area contributed by atoms with Crippen LogP contribution in [0.1, 0.15) is 58.8 Å². The Morgan fingerprint density at radius 3 is 2.92 bits per heavy atom. The van der Waals surface area contributed by atoms with Gasteiger partial charge in [-0.1, -0.05) is 31.6 Å². The van der Waals surface area contributed by atoms with Crippen LogP contribution in [0.25, 0.3) is 0 Å². The summed E-state index contributed by atoms with van der Waals surface area (Å²) < 4.78 is 5.75. The second kappa shape index (κ2) is 4.94. The van der Waals surface area contributed by atoms with Crippen molar-refractivity contribution in [2.24, 2.45) is 23.2 Å².